The Kier molecular flexibility index (Phi) is 20.2. The van der Waals surface area contributed by atoms with E-state index in [0.717, 1.165) is 55.0 Å². The maximum absolute atomic E-state index is 12.7. The minimum atomic E-state index is -0.987. The van der Waals surface area contributed by atoms with E-state index in [1.807, 2.05) is 60.7 Å². The number of nitrogens with one attached hydrogen (secondary N) is 1. The number of nitriles is 1. The van der Waals surface area contributed by atoms with Gasteiger partial charge in [0.15, 0.2) is 23.0 Å². The summed E-state index contributed by atoms with van der Waals surface area (Å²) in [5.41, 5.74) is 2.70. The van der Waals surface area contributed by atoms with Gasteiger partial charge in [0.2, 0.25) is 5.91 Å². The van der Waals surface area contributed by atoms with Gasteiger partial charge in [-0.2, -0.15) is 5.26 Å². The van der Waals surface area contributed by atoms with E-state index < -0.39 is 35.5 Å². The van der Waals surface area contributed by atoms with E-state index in [4.69, 9.17) is 23.7 Å². The molecule has 1 fully saturated rings. The fraction of sp³-hybridized carbons (Fsp3) is 0.532. The number of carboxylic acids is 1. The average molecular weight is 831 g/mol. The number of benzene rings is 3. The molecule has 3 aromatic carbocycles. The number of esters is 1. The van der Waals surface area contributed by atoms with Crippen LogP contribution < -0.4 is 24.3 Å². The quantitative estimate of drug-likeness (QED) is 0.103. The van der Waals surface area contributed by atoms with Gasteiger partial charge < -0.3 is 38.6 Å². The van der Waals surface area contributed by atoms with Crippen molar-refractivity contribution < 1.29 is 43.2 Å². The third-order valence-corrected chi connectivity index (χ3v) is 11.2. The summed E-state index contributed by atoms with van der Waals surface area (Å²) in [6, 6.07) is 22.2. The Morgan fingerprint density at radius 3 is 2.10 bits per heavy atom. The Morgan fingerprint density at radius 2 is 1.52 bits per heavy atom. The lowest BCUT2D eigenvalue weighted by molar-refractivity contribution is -0.150. The molecule has 0 aromatic heterocycles. The molecule has 1 heterocycles. The number of nitrogens with zero attached hydrogens (tertiary/aromatic N) is 3. The number of ether oxygens (including phenoxy) is 5. The molecule has 4 atom stereocenters. The van der Waals surface area contributed by atoms with Crippen molar-refractivity contribution in [2.45, 2.75) is 96.2 Å². The van der Waals surface area contributed by atoms with Crippen LogP contribution in [0.1, 0.15) is 76.5 Å². The van der Waals surface area contributed by atoms with Crippen molar-refractivity contribution in [3.8, 4) is 29.1 Å². The lowest BCUT2D eigenvalue weighted by atomic mass is 9.69. The predicted molar refractivity (Wildman–Crippen MR) is 232 cm³/mol. The summed E-state index contributed by atoms with van der Waals surface area (Å²) in [7, 11) is 8.67. The Hall–Kier alpha value is -5.32. The zero-order chi connectivity index (χ0) is 44.2. The van der Waals surface area contributed by atoms with Crippen LogP contribution in [0.3, 0.4) is 0 Å². The number of amides is 1. The molecule has 13 heteroatoms. The predicted octanol–water partition coefficient (Wildman–Crippen LogP) is 6.70. The fourth-order valence-corrected chi connectivity index (χ4v) is 7.60. The van der Waals surface area contributed by atoms with Crippen molar-refractivity contribution in [3.05, 3.63) is 83.4 Å². The minimum absolute atomic E-state index is 0.165. The first-order valence-electron chi connectivity index (χ1n) is 20.8. The topological polar surface area (TPSA) is 160 Å². The molecule has 1 amide bonds. The van der Waals surface area contributed by atoms with Crippen molar-refractivity contribution in [2.24, 2.45) is 5.92 Å². The van der Waals surface area contributed by atoms with Crippen molar-refractivity contribution >= 4 is 17.8 Å². The summed E-state index contributed by atoms with van der Waals surface area (Å²) >= 11 is 0. The van der Waals surface area contributed by atoms with Gasteiger partial charge in [0.25, 0.3) is 0 Å². The number of carbonyl (C=O) groups excluding carboxylic acids is 2. The second kappa shape index (κ2) is 24.7. The average Bonchev–Trinajstić information content (AvgIpc) is 3.76. The number of hydrogen-bond acceptors (Lipinski definition) is 11. The third-order valence-electron chi connectivity index (χ3n) is 11.2. The van der Waals surface area contributed by atoms with Crippen molar-refractivity contribution in [1.29, 1.82) is 5.26 Å². The van der Waals surface area contributed by atoms with Gasteiger partial charge in [0, 0.05) is 13.1 Å². The highest BCUT2D eigenvalue weighted by atomic mass is 16.5. The standard InChI is InChI=1S/C27H38N2O4.C20H28N2O5/c1-20(2)27(19-28,22-10-12-24(31-5)26(18-22)33-7)14-8-15-29(3)16-13-21-9-11-23(30-4)25(17-21)32-6;1-3-27-20(26)16(12-11-15-8-5-4-6-9-15)21-14(2)18(23)22-13-7-10-17(22)19(24)25/h9-12,17-18,20H,8,13-16H2,1-7H3;4-6,8-9,14,16-17,21H,3,7,10-13H2,1-2H3,(H,24,25)/t;14-,16-,17-/m.0/s1. The van der Waals surface area contributed by atoms with Crippen LogP contribution in [0.15, 0.2) is 66.7 Å². The number of aliphatic carboxylic acids is 1. The molecule has 2 N–H and O–H groups in total. The van der Waals surface area contributed by atoms with Crippen LogP contribution >= 0.6 is 0 Å². The first-order chi connectivity index (χ1) is 28.8. The number of rotatable bonds is 22. The van der Waals surface area contributed by atoms with E-state index in [0.29, 0.717) is 43.7 Å². The molecule has 1 saturated heterocycles. The molecule has 328 valence electrons. The summed E-state index contributed by atoms with van der Waals surface area (Å²) in [5, 5.41) is 22.6. The van der Waals surface area contributed by atoms with Gasteiger partial charge in [-0.25, -0.2) is 4.79 Å². The van der Waals surface area contributed by atoms with Gasteiger partial charge in [-0.3, -0.25) is 14.9 Å². The molecule has 60 heavy (non-hydrogen) atoms. The summed E-state index contributed by atoms with van der Waals surface area (Å²) in [6.07, 6.45) is 4.90. The Labute approximate surface area is 356 Å². The van der Waals surface area contributed by atoms with Crippen LogP contribution in [0.25, 0.3) is 0 Å². The van der Waals surface area contributed by atoms with Crippen LogP contribution in [0.4, 0.5) is 0 Å². The highest BCUT2D eigenvalue weighted by molar-refractivity contribution is 5.88. The van der Waals surface area contributed by atoms with E-state index >= 15 is 0 Å². The van der Waals surface area contributed by atoms with Gasteiger partial charge in [-0.15, -0.1) is 0 Å². The molecule has 0 saturated carbocycles. The first-order valence-corrected chi connectivity index (χ1v) is 20.8. The van der Waals surface area contributed by atoms with Crippen molar-refractivity contribution in [3.63, 3.8) is 0 Å². The highest BCUT2D eigenvalue weighted by Gasteiger charge is 2.38. The number of likely N-dealkylation sites (N-methyl/N-ethyl adjacent to an activating group) is 1. The SMILES string of the molecule is CCOC(=O)[C@H](CCc1ccccc1)N[C@@H](C)C(=O)N1CCC[C@H]1C(=O)O.COc1ccc(CCN(C)CCCC(C#N)(c2ccc(OC)c(OC)c2)C(C)C)cc1OC. The molecule has 4 rings (SSSR count). The van der Waals surface area contributed by atoms with E-state index in [1.165, 1.54) is 10.5 Å². The fourth-order valence-electron chi connectivity index (χ4n) is 7.60. The maximum atomic E-state index is 12.7. The van der Waals surface area contributed by atoms with Crippen molar-refractivity contribution in [1.82, 2.24) is 15.1 Å². The second-order valence-electron chi connectivity index (χ2n) is 15.4. The molecule has 0 radical (unpaired) electrons. The monoisotopic (exact) mass is 830 g/mol. The zero-order valence-corrected chi connectivity index (χ0v) is 37.0. The molecule has 1 unspecified atom stereocenters. The highest BCUT2D eigenvalue weighted by Crippen LogP contribution is 2.40. The van der Waals surface area contributed by atoms with Gasteiger partial charge in [-0.05, 0) is 119 Å². The number of hydrogen-bond donors (Lipinski definition) is 2. The van der Waals surface area contributed by atoms with Gasteiger partial charge in [-0.1, -0.05) is 56.3 Å². The Bertz CT molecular complexity index is 1850. The molecule has 1 aliphatic heterocycles. The summed E-state index contributed by atoms with van der Waals surface area (Å²) in [5.74, 6) is 1.30. The Morgan fingerprint density at radius 1 is 0.883 bits per heavy atom. The zero-order valence-electron chi connectivity index (χ0n) is 37.0. The van der Waals surface area contributed by atoms with Crippen LogP contribution in [0.5, 0.6) is 23.0 Å². The number of likely N-dealkylation sites (tertiary alicyclic amines) is 1. The van der Waals surface area contributed by atoms with Crippen LogP contribution in [-0.4, -0.2) is 113 Å². The maximum Gasteiger partial charge on any atom is 0.326 e. The molecule has 13 nitrogen and oxygen atoms in total. The van der Waals surface area contributed by atoms with E-state index in [9.17, 15) is 24.8 Å². The number of carboxylic acid groups (broad SMARTS) is 1. The molecule has 1 aliphatic rings. The smallest absolute Gasteiger partial charge is 0.326 e. The first kappa shape index (κ1) is 49.0. The number of aryl methyl sites for hydroxylation is 1. The van der Waals surface area contributed by atoms with Crippen LogP contribution in [-0.2, 0) is 37.4 Å². The van der Waals surface area contributed by atoms with Crippen LogP contribution in [0.2, 0.25) is 0 Å². The largest absolute Gasteiger partial charge is 0.493 e. The van der Waals surface area contributed by atoms with E-state index in [-0.39, 0.29) is 18.4 Å². The third kappa shape index (κ3) is 13.6. The Balaban J connectivity index is 0.000000327. The summed E-state index contributed by atoms with van der Waals surface area (Å²) in [4.78, 5) is 40.0. The normalized spacial score (nSPS) is 15.5. The van der Waals surface area contributed by atoms with E-state index in [1.54, 1.807) is 42.3 Å². The molecular formula is C47H66N4O9. The minimum Gasteiger partial charge on any atom is -0.493 e. The van der Waals surface area contributed by atoms with Crippen molar-refractivity contribution in [2.75, 3.05) is 61.7 Å². The lowest BCUT2D eigenvalue weighted by Crippen LogP contribution is -2.53. The van der Waals surface area contributed by atoms with Crippen LogP contribution in [0, 0.1) is 17.2 Å². The second-order valence-corrected chi connectivity index (χ2v) is 15.4. The van der Waals surface area contributed by atoms with Gasteiger partial charge >= 0.3 is 11.9 Å². The summed E-state index contributed by atoms with van der Waals surface area (Å²) in [6.45, 7) is 10.1. The summed E-state index contributed by atoms with van der Waals surface area (Å²) < 4.78 is 26.7. The molecule has 0 aliphatic carbocycles. The number of methoxy groups -OCH3 is 4. The molecular weight excluding hydrogens is 765 g/mol. The van der Waals surface area contributed by atoms with Gasteiger partial charge in [0.1, 0.15) is 12.1 Å². The lowest BCUT2D eigenvalue weighted by Gasteiger charge is -2.32. The number of carbonyl (C=O) groups is 3. The van der Waals surface area contributed by atoms with Gasteiger partial charge in [0.05, 0.1) is 52.6 Å². The molecule has 0 spiro atoms. The molecule has 3 aromatic rings. The molecule has 0 bridgehead atoms. The van der Waals surface area contributed by atoms with E-state index in [2.05, 4.69) is 43.2 Å².